The lowest BCUT2D eigenvalue weighted by molar-refractivity contribution is 0.0123. The molecular formula is C38H57ClFN3O6Si2. The van der Waals surface area contributed by atoms with E-state index in [2.05, 4.69) is 45.9 Å². The molecule has 51 heavy (non-hydrogen) atoms. The van der Waals surface area contributed by atoms with E-state index in [4.69, 9.17) is 30.5 Å². The number of fused-ring (bicyclic) bond motifs is 1. The fourth-order valence-corrected chi connectivity index (χ4v) is 7.74. The zero-order valence-corrected chi connectivity index (χ0v) is 34.8. The Morgan fingerprint density at radius 2 is 1.47 bits per heavy atom. The molecular weight excluding hydrogens is 705 g/mol. The molecule has 1 aromatic heterocycles. The molecule has 2 heterocycles. The van der Waals surface area contributed by atoms with Crippen LogP contribution in [0.25, 0.3) is 16.8 Å². The molecule has 0 bridgehead atoms. The van der Waals surface area contributed by atoms with Gasteiger partial charge in [-0.1, -0.05) is 69.6 Å². The predicted octanol–water partition coefficient (Wildman–Crippen LogP) is 9.18. The fourth-order valence-electron chi connectivity index (χ4n) is 6.01. The van der Waals surface area contributed by atoms with Crippen LogP contribution >= 0.6 is 11.6 Å². The highest BCUT2D eigenvalue weighted by Crippen LogP contribution is 2.38. The van der Waals surface area contributed by atoms with Gasteiger partial charge < -0.3 is 23.8 Å². The Bertz CT molecular complexity index is 1730. The Morgan fingerprint density at radius 3 is 2.00 bits per heavy atom. The molecule has 9 nitrogen and oxygen atoms in total. The van der Waals surface area contributed by atoms with E-state index in [1.165, 1.54) is 12.1 Å². The molecule has 282 valence electrons. The maximum Gasteiger partial charge on any atom is 0.410 e. The van der Waals surface area contributed by atoms with E-state index in [0.29, 0.717) is 66.5 Å². The molecule has 0 radical (unpaired) electrons. The van der Waals surface area contributed by atoms with Crippen molar-refractivity contribution in [3.63, 3.8) is 0 Å². The standard InChI is InChI=1S/C38H57ClFN3O6Si2/c1-28(48-25-38(29-11-13-31(40)14-12-29)15-17-41(18-16-38)36(45)49-37(2,3)4)32-23-30(39)24-33-34(32)43(27-47-20-22-51(8,9)10)35(44)42(33)26-46-19-21-50(5,6)7/h11-14,23-24H,1,15-22,25-27H2,2-10H3. The summed E-state index contributed by atoms with van der Waals surface area (Å²) >= 11 is 6.71. The third kappa shape index (κ3) is 11.3. The number of carbonyl (C=O) groups is 1. The van der Waals surface area contributed by atoms with E-state index in [1.54, 1.807) is 38.3 Å². The number of rotatable bonds is 15. The minimum Gasteiger partial charge on any atom is -0.493 e. The Labute approximate surface area is 309 Å². The number of carbonyl (C=O) groups excluding carboxylic acids is 1. The van der Waals surface area contributed by atoms with Crippen LogP contribution in [0.15, 0.2) is 47.8 Å². The van der Waals surface area contributed by atoms with Crippen molar-refractivity contribution in [1.82, 2.24) is 14.0 Å². The number of imidazole rings is 1. The molecule has 0 N–H and O–H groups in total. The van der Waals surface area contributed by atoms with Crippen LogP contribution in [-0.2, 0) is 37.8 Å². The summed E-state index contributed by atoms with van der Waals surface area (Å²) in [6.07, 6.45) is 0.772. The van der Waals surface area contributed by atoms with Gasteiger partial charge in [0.1, 0.15) is 30.6 Å². The fraction of sp³-hybridized carbons (Fsp3) is 0.579. The van der Waals surface area contributed by atoms with Gasteiger partial charge in [-0.05, 0) is 75.5 Å². The molecule has 1 fully saturated rings. The van der Waals surface area contributed by atoms with Crippen molar-refractivity contribution in [2.24, 2.45) is 0 Å². The second kappa shape index (κ2) is 16.4. The van der Waals surface area contributed by atoms with Crippen molar-refractivity contribution >= 4 is 50.6 Å². The average molecular weight is 763 g/mol. The first-order valence-corrected chi connectivity index (χ1v) is 25.6. The maximum absolute atomic E-state index is 14.0. The van der Waals surface area contributed by atoms with E-state index >= 15 is 0 Å². The van der Waals surface area contributed by atoms with Gasteiger partial charge in [0.05, 0.1) is 17.6 Å². The van der Waals surface area contributed by atoms with Crippen molar-refractivity contribution in [1.29, 1.82) is 0 Å². The van der Waals surface area contributed by atoms with Gasteiger partial charge in [-0.25, -0.2) is 14.0 Å². The van der Waals surface area contributed by atoms with Crippen LogP contribution in [0.5, 0.6) is 0 Å². The number of aromatic nitrogens is 2. The summed E-state index contributed by atoms with van der Waals surface area (Å²) in [5, 5.41) is 0.425. The summed E-state index contributed by atoms with van der Waals surface area (Å²) in [6.45, 7) is 25.9. The normalized spacial score (nSPS) is 15.3. The molecule has 0 atom stereocenters. The quantitative estimate of drug-likeness (QED) is 0.0873. The number of halogens is 2. The summed E-state index contributed by atoms with van der Waals surface area (Å²) in [6, 6.07) is 11.9. The van der Waals surface area contributed by atoms with Crippen molar-refractivity contribution in [3.05, 3.63) is 75.4 Å². The number of ether oxygens (including phenoxy) is 4. The second-order valence-corrected chi connectivity index (χ2v) is 28.8. The molecule has 3 aromatic rings. The number of hydrogen-bond donors (Lipinski definition) is 0. The van der Waals surface area contributed by atoms with Crippen LogP contribution in [0, 0.1) is 5.82 Å². The van der Waals surface area contributed by atoms with Crippen LogP contribution in [0.2, 0.25) is 56.4 Å². The van der Waals surface area contributed by atoms with E-state index in [-0.39, 0.29) is 37.7 Å². The van der Waals surface area contributed by atoms with E-state index in [1.807, 2.05) is 20.8 Å². The van der Waals surface area contributed by atoms with Crippen LogP contribution in [0.3, 0.4) is 0 Å². The summed E-state index contributed by atoms with van der Waals surface area (Å²) in [7, 11) is -2.69. The van der Waals surface area contributed by atoms with Gasteiger partial charge in [-0.3, -0.25) is 9.13 Å². The van der Waals surface area contributed by atoms with Crippen LogP contribution in [0.1, 0.15) is 44.7 Å². The third-order valence-electron chi connectivity index (χ3n) is 9.16. The number of benzene rings is 2. The molecule has 1 aliphatic heterocycles. The average Bonchev–Trinajstić information content (AvgIpc) is 3.28. The molecule has 0 aliphatic carbocycles. The van der Waals surface area contributed by atoms with Crippen LogP contribution < -0.4 is 5.69 Å². The molecule has 0 saturated carbocycles. The van der Waals surface area contributed by atoms with Gasteiger partial charge in [0, 0.05) is 58.5 Å². The van der Waals surface area contributed by atoms with Crippen molar-refractivity contribution in [2.75, 3.05) is 32.9 Å². The van der Waals surface area contributed by atoms with E-state index < -0.39 is 27.2 Å². The Balaban J connectivity index is 1.65. The number of likely N-dealkylation sites (tertiary alicyclic amines) is 1. The summed E-state index contributed by atoms with van der Waals surface area (Å²) < 4.78 is 41.6. The second-order valence-electron chi connectivity index (χ2n) is 17.1. The first-order valence-electron chi connectivity index (χ1n) is 17.8. The highest BCUT2D eigenvalue weighted by atomic mass is 35.5. The molecule has 0 spiro atoms. The topological polar surface area (TPSA) is 84.2 Å². The van der Waals surface area contributed by atoms with Crippen LogP contribution in [0.4, 0.5) is 9.18 Å². The van der Waals surface area contributed by atoms with E-state index in [0.717, 1.165) is 17.7 Å². The van der Waals surface area contributed by atoms with Gasteiger partial charge in [-0.15, -0.1) is 0 Å². The smallest absolute Gasteiger partial charge is 0.410 e. The summed E-state index contributed by atoms with van der Waals surface area (Å²) in [4.78, 5) is 28.6. The maximum atomic E-state index is 14.0. The molecule has 1 aliphatic rings. The number of piperidine rings is 1. The van der Waals surface area contributed by atoms with E-state index in [9.17, 15) is 14.0 Å². The zero-order chi connectivity index (χ0) is 37.8. The highest BCUT2D eigenvalue weighted by molar-refractivity contribution is 6.76. The monoisotopic (exact) mass is 761 g/mol. The molecule has 1 amide bonds. The van der Waals surface area contributed by atoms with Gasteiger partial charge >= 0.3 is 11.8 Å². The summed E-state index contributed by atoms with van der Waals surface area (Å²) in [5.74, 6) is 0.0111. The first kappa shape index (κ1) is 40.9. The van der Waals surface area contributed by atoms with Gasteiger partial charge in [-0.2, -0.15) is 0 Å². The molecule has 0 unspecified atom stereocenters. The van der Waals surface area contributed by atoms with Crippen LogP contribution in [-0.4, -0.2) is 74.8 Å². The lowest BCUT2D eigenvalue weighted by Crippen LogP contribution is -2.48. The van der Waals surface area contributed by atoms with Crippen molar-refractivity contribution in [3.8, 4) is 0 Å². The SMILES string of the molecule is C=C(OCC1(c2ccc(F)cc2)CCN(C(=O)OC(C)(C)C)CC1)c1cc(Cl)cc2c1n(COCC[Si](C)(C)C)c(=O)n2COCC[Si](C)(C)C. The Morgan fingerprint density at radius 1 is 0.922 bits per heavy atom. The Hall–Kier alpha value is -2.91. The minimum atomic E-state index is -1.35. The summed E-state index contributed by atoms with van der Waals surface area (Å²) in [5.41, 5.74) is 1.28. The molecule has 1 saturated heterocycles. The zero-order valence-electron chi connectivity index (χ0n) is 32.0. The molecule has 2 aromatic carbocycles. The first-order chi connectivity index (χ1) is 23.7. The van der Waals surface area contributed by atoms with Gasteiger partial charge in [0.2, 0.25) is 0 Å². The largest absolute Gasteiger partial charge is 0.493 e. The predicted molar refractivity (Wildman–Crippen MR) is 210 cm³/mol. The highest BCUT2D eigenvalue weighted by Gasteiger charge is 2.40. The third-order valence-corrected chi connectivity index (χ3v) is 12.8. The Kier molecular flexibility index (Phi) is 13.1. The lowest BCUT2D eigenvalue weighted by Gasteiger charge is -2.42. The van der Waals surface area contributed by atoms with Gasteiger partial charge in [0.25, 0.3) is 0 Å². The number of amides is 1. The lowest BCUT2D eigenvalue weighted by atomic mass is 9.73. The minimum absolute atomic E-state index is 0.0592. The number of hydrogen-bond acceptors (Lipinski definition) is 6. The van der Waals surface area contributed by atoms with Crippen molar-refractivity contribution in [2.45, 2.75) is 109 Å². The molecule has 13 heteroatoms. The van der Waals surface area contributed by atoms with Gasteiger partial charge in [0.15, 0.2) is 0 Å². The molecule has 4 rings (SSSR count). The number of nitrogens with zero attached hydrogens (tertiary/aromatic N) is 3. The van der Waals surface area contributed by atoms with Crippen molar-refractivity contribution < 1.29 is 28.1 Å².